The number of alkyl halides is 6. The Balaban J connectivity index is 1.87. The standard InChI is InChI=1S/C23H13ClF6N2O4S2/c24-12-2-8-18(33)16(10-12)19-15-9-11(22(25,26)27)1-7-17(15)31-21(34)20(19)37-14-5-3-13(4-6-14)32-38(35,36)23(28,29)30/h1-10,32-33H,(H,31,34). The van der Waals surface area contributed by atoms with Gasteiger partial charge in [0.25, 0.3) is 5.56 Å². The van der Waals surface area contributed by atoms with Crippen LogP contribution in [0.5, 0.6) is 5.75 Å². The lowest BCUT2D eigenvalue weighted by Crippen LogP contribution is -2.29. The third kappa shape index (κ3) is 5.56. The first-order valence-electron chi connectivity index (χ1n) is 10.2. The molecule has 0 fully saturated rings. The number of H-pyrrole nitrogens is 1. The minimum Gasteiger partial charge on any atom is -0.507 e. The molecule has 0 atom stereocenters. The van der Waals surface area contributed by atoms with E-state index in [0.717, 1.165) is 42.1 Å². The number of nitrogens with one attached hydrogen (secondary N) is 2. The Kier molecular flexibility index (Phi) is 7.10. The topological polar surface area (TPSA) is 99.3 Å². The molecule has 0 radical (unpaired) electrons. The van der Waals surface area contributed by atoms with E-state index < -0.39 is 38.5 Å². The van der Waals surface area contributed by atoms with Crippen LogP contribution in [-0.2, 0) is 16.2 Å². The van der Waals surface area contributed by atoms with Gasteiger partial charge in [-0.15, -0.1) is 0 Å². The molecule has 4 aromatic rings. The van der Waals surface area contributed by atoms with E-state index in [2.05, 4.69) is 4.98 Å². The Labute approximate surface area is 219 Å². The van der Waals surface area contributed by atoms with Crippen LogP contribution in [-0.4, -0.2) is 24.0 Å². The summed E-state index contributed by atoms with van der Waals surface area (Å²) in [6, 6.07) is 10.9. The highest BCUT2D eigenvalue weighted by atomic mass is 35.5. The van der Waals surface area contributed by atoms with Crippen molar-refractivity contribution >= 4 is 50.0 Å². The van der Waals surface area contributed by atoms with Crippen molar-refractivity contribution in [3.63, 3.8) is 0 Å². The summed E-state index contributed by atoms with van der Waals surface area (Å²) >= 11 is 6.79. The molecule has 1 aromatic heterocycles. The van der Waals surface area contributed by atoms with Crippen molar-refractivity contribution in [3.8, 4) is 16.9 Å². The third-order valence-electron chi connectivity index (χ3n) is 5.16. The smallest absolute Gasteiger partial charge is 0.507 e. The summed E-state index contributed by atoms with van der Waals surface area (Å²) in [5, 5.41) is 10.6. The van der Waals surface area contributed by atoms with E-state index in [4.69, 9.17) is 11.6 Å². The first-order valence-corrected chi connectivity index (χ1v) is 12.9. The lowest BCUT2D eigenvalue weighted by Gasteiger charge is -2.16. The summed E-state index contributed by atoms with van der Waals surface area (Å²) in [7, 11) is -5.67. The molecular weight excluding hydrogens is 582 g/mol. The van der Waals surface area contributed by atoms with Gasteiger partial charge in [0.05, 0.1) is 10.5 Å². The van der Waals surface area contributed by atoms with E-state index in [9.17, 15) is 44.7 Å². The molecule has 0 saturated carbocycles. The van der Waals surface area contributed by atoms with Crippen LogP contribution in [0.1, 0.15) is 5.56 Å². The number of hydrogen-bond acceptors (Lipinski definition) is 5. The number of pyridine rings is 1. The second kappa shape index (κ2) is 9.75. The van der Waals surface area contributed by atoms with Gasteiger partial charge in [-0.3, -0.25) is 9.52 Å². The zero-order valence-corrected chi connectivity index (χ0v) is 20.8. The molecule has 1 heterocycles. The molecule has 4 rings (SSSR count). The van der Waals surface area contributed by atoms with E-state index in [0.29, 0.717) is 0 Å². The second-order valence-electron chi connectivity index (χ2n) is 7.76. The number of sulfonamides is 1. The summed E-state index contributed by atoms with van der Waals surface area (Å²) in [4.78, 5) is 15.6. The molecular formula is C23H13ClF6N2O4S2. The number of hydrogen-bond donors (Lipinski definition) is 3. The Morgan fingerprint density at radius 3 is 2.18 bits per heavy atom. The van der Waals surface area contributed by atoms with Crippen LogP contribution in [0.2, 0.25) is 5.02 Å². The molecule has 0 aliphatic carbocycles. The number of halogens is 7. The minimum absolute atomic E-state index is 0.0371. The number of phenols is 1. The molecule has 6 nitrogen and oxygen atoms in total. The van der Waals surface area contributed by atoms with Crippen LogP contribution in [0.15, 0.2) is 75.2 Å². The van der Waals surface area contributed by atoms with Gasteiger partial charge in [0.15, 0.2) is 0 Å². The summed E-state index contributed by atoms with van der Waals surface area (Å²) in [5.74, 6) is -0.377. The maximum atomic E-state index is 13.5. The predicted octanol–water partition coefficient (Wildman–Crippen LogP) is 6.99. The van der Waals surface area contributed by atoms with Gasteiger partial charge in [-0.1, -0.05) is 23.4 Å². The lowest BCUT2D eigenvalue weighted by molar-refractivity contribution is -0.137. The fraction of sp³-hybridized carbons (Fsp3) is 0.0870. The molecule has 3 N–H and O–H groups in total. The first kappa shape index (κ1) is 27.7. The fourth-order valence-corrected chi connectivity index (χ4v) is 5.15. The number of fused-ring (bicyclic) bond motifs is 1. The quantitative estimate of drug-likeness (QED) is 0.216. The number of phenolic OH excluding ortho intramolecular Hbond substituents is 1. The molecule has 200 valence electrons. The van der Waals surface area contributed by atoms with Gasteiger partial charge < -0.3 is 10.1 Å². The molecule has 0 amide bonds. The normalized spacial score (nSPS) is 12.6. The Morgan fingerprint density at radius 1 is 0.921 bits per heavy atom. The van der Waals surface area contributed by atoms with Crippen molar-refractivity contribution in [2.45, 2.75) is 21.5 Å². The lowest BCUT2D eigenvalue weighted by atomic mass is 9.98. The summed E-state index contributed by atoms with van der Waals surface area (Å²) in [6.45, 7) is 0. The van der Waals surface area contributed by atoms with Crippen molar-refractivity contribution in [2.24, 2.45) is 0 Å². The van der Waals surface area contributed by atoms with Crippen molar-refractivity contribution in [1.82, 2.24) is 4.98 Å². The van der Waals surface area contributed by atoms with Crippen molar-refractivity contribution in [3.05, 3.63) is 81.6 Å². The predicted molar refractivity (Wildman–Crippen MR) is 131 cm³/mol. The maximum absolute atomic E-state index is 13.5. The van der Waals surface area contributed by atoms with E-state index in [1.807, 2.05) is 0 Å². The van der Waals surface area contributed by atoms with Crippen LogP contribution in [0.4, 0.5) is 32.0 Å². The molecule has 0 aliphatic rings. The SMILES string of the molecule is O=c1[nH]c2ccc(C(F)(F)F)cc2c(-c2cc(Cl)ccc2O)c1Sc1ccc(NS(=O)(=O)C(F)(F)F)cc1. The highest BCUT2D eigenvalue weighted by Gasteiger charge is 2.46. The fourth-order valence-electron chi connectivity index (χ4n) is 3.45. The van der Waals surface area contributed by atoms with Crippen LogP contribution in [0, 0.1) is 0 Å². The first-order chi connectivity index (χ1) is 17.6. The molecule has 38 heavy (non-hydrogen) atoms. The second-order valence-corrected chi connectivity index (χ2v) is 10.9. The van der Waals surface area contributed by atoms with Gasteiger partial charge in [0.1, 0.15) is 5.75 Å². The number of rotatable bonds is 5. The molecule has 0 bridgehead atoms. The van der Waals surface area contributed by atoms with Crippen LogP contribution in [0.25, 0.3) is 22.0 Å². The molecule has 0 unspecified atom stereocenters. The van der Waals surface area contributed by atoms with Gasteiger partial charge in [-0.2, -0.15) is 34.8 Å². The summed E-state index contributed by atoms with van der Waals surface area (Å²) < 4.78 is 102. The van der Waals surface area contributed by atoms with Gasteiger partial charge in [0.2, 0.25) is 0 Å². The van der Waals surface area contributed by atoms with E-state index in [1.54, 1.807) is 0 Å². The van der Waals surface area contributed by atoms with Gasteiger partial charge in [0, 0.05) is 37.6 Å². The van der Waals surface area contributed by atoms with Gasteiger partial charge in [-0.25, -0.2) is 0 Å². The van der Waals surface area contributed by atoms with Gasteiger partial charge >= 0.3 is 21.7 Å². The number of benzene rings is 3. The molecule has 0 spiro atoms. The number of anilines is 1. The van der Waals surface area contributed by atoms with Crippen molar-refractivity contribution in [1.29, 1.82) is 0 Å². The monoisotopic (exact) mass is 594 g/mol. The average molecular weight is 595 g/mol. The van der Waals surface area contributed by atoms with Crippen LogP contribution in [0.3, 0.4) is 0 Å². The highest BCUT2D eigenvalue weighted by molar-refractivity contribution is 7.99. The van der Waals surface area contributed by atoms with E-state index >= 15 is 0 Å². The van der Waals surface area contributed by atoms with Crippen LogP contribution < -0.4 is 10.3 Å². The Morgan fingerprint density at radius 2 is 1.58 bits per heavy atom. The highest BCUT2D eigenvalue weighted by Crippen LogP contribution is 2.43. The maximum Gasteiger partial charge on any atom is 0.516 e. The minimum atomic E-state index is -5.67. The zero-order chi connectivity index (χ0) is 28.0. The number of aromatic amines is 1. The zero-order valence-electron chi connectivity index (χ0n) is 18.4. The molecule has 3 aromatic carbocycles. The molecule has 0 saturated heterocycles. The van der Waals surface area contributed by atoms with Crippen LogP contribution >= 0.6 is 23.4 Å². The Hall–Kier alpha value is -3.36. The average Bonchev–Trinajstić information content (AvgIpc) is 2.80. The molecule has 15 heteroatoms. The largest absolute Gasteiger partial charge is 0.516 e. The number of aromatic hydroxyl groups is 1. The van der Waals surface area contributed by atoms with Crippen molar-refractivity contribution in [2.75, 3.05) is 4.72 Å². The van der Waals surface area contributed by atoms with E-state index in [1.165, 1.54) is 35.1 Å². The Bertz CT molecular complexity index is 1700. The number of aromatic nitrogens is 1. The van der Waals surface area contributed by atoms with E-state index in [-0.39, 0.29) is 42.6 Å². The summed E-state index contributed by atoms with van der Waals surface area (Å²) in [6.07, 6.45) is -4.72. The summed E-state index contributed by atoms with van der Waals surface area (Å²) in [5.41, 5.74) is -7.77. The molecule has 0 aliphatic heterocycles. The third-order valence-corrected chi connectivity index (χ3v) is 7.61. The van der Waals surface area contributed by atoms with Crippen molar-refractivity contribution < 1.29 is 39.9 Å². The van der Waals surface area contributed by atoms with Gasteiger partial charge in [-0.05, 0) is 60.7 Å².